The van der Waals surface area contributed by atoms with Crippen LogP contribution in [0.25, 0.3) is 0 Å². The van der Waals surface area contributed by atoms with Crippen LogP contribution in [0.3, 0.4) is 0 Å². The molecule has 0 aromatic carbocycles. The fraction of sp³-hybridized carbons (Fsp3) is 0.700. The summed E-state index contributed by atoms with van der Waals surface area (Å²) in [6.07, 6.45) is 0.830. The van der Waals surface area contributed by atoms with Crippen molar-refractivity contribution in [1.29, 1.82) is 0 Å². The third-order valence-corrected chi connectivity index (χ3v) is 2.86. The fourth-order valence-corrected chi connectivity index (χ4v) is 1.96. The zero-order valence-corrected chi connectivity index (χ0v) is 9.22. The van der Waals surface area contributed by atoms with E-state index < -0.39 is 5.97 Å². The van der Waals surface area contributed by atoms with E-state index in [1.54, 1.807) is 0 Å². The Bertz CT molecular complexity index is 377. The fourth-order valence-electron chi connectivity index (χ4n) is 1.96. The number of hydrogen-bond donors (Lipinski definition) is 1. The Morgan fingerprint density at radius 3 is 3.12 bits per heavy atom. The van der Waals surface area contributed by atoms with Crippen molar-refractivity contribution < 1.29 is 14.4 Å². The van der Waals surface area contributed by atoms with Crippen LogP contribution in [0.1, 0.15) is 31.0 Å². The monoisotopic (exact) mass is 225 g/mol. The summed E-state index contributed by atoms with van der Waals surface area (Å²) in [6.45, 7) is 5.10. The van der Waals surface area contributed by atoms with Gasteiger partial charge in [-0.15, -0.1) is 0 Å². The number of likely N-dealkylation sites (tertiary alicyclic amines) is 1. The molecular weight excluding hydrogens is 210 g/mol. The number of aliphatic carboxylic acids is 1. The number of carboxylic acids is 1. The molecule has 1 N–H and O–H groups in total. The van der Waals surface area contributed by atoms with Crippen molar-refractivity contribution >= 4 is 5.97 Å². The molecule has 0 aliphatic carbocycles. The zero-order valence-electron chi connectivity index (χ0n) is 9.22. The van der Waals surface area contributed by atoms with Gasteiger partial charge in [0.15, 0.2) is 5.82 Å². The van der Waals surface area contributed by atoms with Gasteiger partial charge in [0.2, 0.25) is 5.89 Å². The second-order valence-corrected chi connectivity index (χ2v) is 4.00. The highest BCUT2D eigenvalue weighted by molar-refractivity contribution is 5.68. The third kappa shape index (κ3) is 2.38. The van der Waals surface area contributed by atoms with Gasteiger partial charge in [-0.1, -0.05) is 12.1 Å². The largest absolute Gasteiger partial charge is 0.481 e. The summed E-state index contributed by atoms with van der Waals surface area (Å²) in [6, 6.07) is 0. The number of rotatable bonds is 4. The molecule has 2 heterocycles. The van der Waals surface area contributed by atoms with Crippen molar-refractivity contribution in [2.24, 2.45) is 0 Å². The van der Waals surface area contributed by atoms with E-state index in [2.05, 4.69) is 22.0 Å². The lowest BCUT2D eigenvalue weighted by Gasteiger charge is -2.10. The van der Waals surface area contributed by atoms with E-state index in [9.17, 15) is 4.79 Å². The number of aromatic nitrogens is 2. The van der Waals surface area contributed by atoms with Crippen molar-refractivity contribution in [3.63, 3.8) is 0 Å². The molecule has 88 valence electrons. The van der Waals surface area contributed by atoms with Gasteiger partial charge in [-0.2, -0.15) is 4.98 Å². The van der Waals surface area contributed by atoms with Crippen LogP contribution >= 0.6 is 0 Å². The van der Waals surface area contributed by atoms with Crippen molar-refractivity contribution in [2.75, 3.05) is 19.6 Å². The molecule has 1 unspecified atom stereocenters. The Balaban J connectivity index is 1.99. The second-order valence-electron chi connectivity index (χ2n) is 4.00. The number of likely N-dealkylation sites (N-methyl/N-ethyl adjacent to an activating group) is 1. The summed E-state index contributed by atoms with van der Waals surface area (Å²) >= 11 is 0. The first kappa shape index (κ1) is 11.1. The maximum Gasteiger partial charge on any atom is 0.311 e. The quantitative estimate of drug-likeness (QED) is 0.804. The summed E-state index contributed by atoms with van der Waals surface area (Å²) < 4.78 is 5.09. The highest BCUT2D eigenvalue weighted by Gasteiger charge is 2.27. The molecule has 1 aromatic rings. The Labute approximate surface area is 93.2 Å². The smallest absolute Gasteiger partial charge is 0.311 e. The van der Waals surface area contributed by atoms with Gasteiger partial charge in [0.25, 0.3) is 0 Å². The van der Waals surface area contributed by atoms with E-state index in [0.717, 1.165) is 26.1 Å². The first-order valence-electron chi connectivity index (χ1n) is 5.45. The number of carbonyl (C=O) groups is 1. The van der Waals surface area contributed by atoms with Crippen LogP contribution in [0.4, 0.5) is 0 Å². The molecule has 0 saturated carbocycles. The van der Waals surface area contributed by atoms with Crippen LogP contribution in [-0.4, -0.2) is 45.8 Å². The van der Waals surface area contributed by atoms with Crippen molar-refractivity contribution in [2.45, 2.75) is 25.7 Å². The number of hydrogen-bond acceptors (Lipinski definition) is 5. The van der Waals surface area contributed by atoms with Gasteiger partial charge in [-0.3, -0.25) is 4.79 Å². The standard InChI is InChI=1S/C10H15N3O3/c1-2-13-4-3-7(6-13)10-11-8(12-16-10)5-9(14)15/h7H,2-6H2,1H3,(H,14,15). The third-order valence-electron chi connectivity index (χ3n) is 2.86. The van der Waals surface area contributed by atoms with Crippen molar-refractivity contribution in [3.8, 4) is 0 Å². The summed E-state index contributed by atoms with van der Waals surface area (Å²) in [5, 5.41) is 12.3. The van der Waals surface area contributed by atoms with Crippen molar-refractivity contribution in [1.82, 2.24) is 15.0 Å². The SMILES string of the molecule is CCN1CCC(c2nc(CC(=O)O)no2)C1. The zero-order chi connectivity index (χ0) is 11.5. The maximum atomic E-state index is 10.5. The molecule has 1 saturated heterocycles. The Kier molecular flexibility index (Phi) is 3.19. The molecule has 1 aromatic heterocycles. The first-order chi connectivity index (χ1) is 7.69. The molecule has 0 radical (unpaired) electrons. The predicted octanol–water partition coefficient (Wildman–Crippen LogP) is 0.506. The summed E-state index contributed by atoms with van der Waals surface area (Å²) in [7, 11) is 0. The van der Waals surface area contributed by atoms with Crippen LogP contribution < -0.4 is 0 Å². The molecule has 16 heavy (non-hydrogen) atoms. The number of nitrogens with zero attached hydrogens (tertiary/aromatic N) is 3. The minimum absolute atomic E-state index is 0.173. The molecule has 0 bridgehead atoms. The molecule has 1 fully saturated rings. The van der Waals surface area contributed by atoms with E-state index in [0.29, 0.717) is 5.89 Å². The van der Waals surface area contributed by atoms with E-state index in [1.807, 2.05) is 0 Å². The highest BCUT2D eigenvalue weighted by atomic mass is 16.5. The van der Waals surface area contributed by atoms with Gasteiger partial charge in [0, 0.05) is 6.54 Å². The molecule has 2 rings (SSSR count). The summed E-state index contributed by atoms with van der Waals surface area (Å²) in [5.74, 6) is 0.161. The normalized spacial score (nSPS) is 21.4. The molecule has 1 aliphatic rings. The topological polar surface area (TPSA) is 79.5 Å². The molecular formula is C10H15N3O3. The van der Waals surface area contributed by atoms with E-state index in [4.69, 9.17) is 9.63 Å². The second kappa shape index (κ2) is 4.61. The van der Waals surface area contributed by atoms with Gasteiger partial charge < -0.3 is 14.5 Å². The average molecular weight is 225 g/mol. The van der Waals surface area contributed by atoms with Gasteiger partial charge in [0.1, 0.15) is 6.42 Å². The van der Waals surface area contributed by atoms with Crippen LogP contribution in [-0.2, 0) is 11.2 Å². The lowest BCUT2D eigenvalue weighted by Crippen LogP contribution is -2.19. The highest BCUT2D eigenvalue weighted by Crippen LogP contribution is 2.25. The molecule has 0 amide bonds. The van der Waals surface area contributed by atoms with Gasteiger partial charge in [-0.05, 0) is 19.5 Å². The van der Waals surface area contributed by atoms with Crippen molar-refractivity contribution in [3.05, 3.63) is 11.7 Å². The summed E-state index contributed by atoms with van der Waals surface area (Å²) in [4.78, 5) is 16.9. The van der Waals surface area contributed by atoms with Crippen LogP contribution in [0.15, 0.2) is 4.52 Å². The van der Waals surface area contributed by atoms with Crippen LogP contribution in [0.5, 0.6) is 0 Å². The molecule has 1 atom stereocenters. The van der Waals surface area contributed by atoms with E-state index in [1.165, 1.54) is 0 Å². The Morgan fingerprint density at radius 2 is 2.50 bits per heavy atom. The van der Waals surface area contributed by atoms with Gasteiger partial charge >= 0.3 is 5.97 Å². The van der Waals surface area contributed by atoms with Crippen LogP contribution in [0, 0.1) is 0 Å². The van der Waals surface area contributed by atoms with Gasteiger partial charge in [-0.25, -0.2) is 0 Å². The molecule has 1 aliphatic heterocycles. The first-order valence-corrected chi connectivity index (χ1v) is 5.45. The van der Waals surface area contributed by atoms with Gasteiger partial charge in [0.05, 0.1) is 5.92 Å². The number of carboxylic acid groups (broad SMARTS) is 1. The van der Waals surface area contributed by atoms with E-state index >= 15 is 0 Å². The lowest BCUT2D eigenvalue weighted by atomic mass is 10.1. The summed E-state index contributed by atoms with van der Waals surface area (Å²) in [5.41, 5.74) is 0. The lowest BCUT2D eigenvalue weighted by molar-refractivity contribution is -0.136. The average Bonchev–Trinajstić information content (AvgIpc) is 2.83. The van der Waals surface area contributed by atoms with Crippen LogP contribution in [0.2, 0.25) is 0 Å². The Morgan fingerprint density at radius 1 is 1.69 bits per heavy atom. The predicted molar refractivity (Wildman–Crippen MR) is 55.1 cm³/mol. The van der Waals surface area contributed by atoms with E-state index in [-0.39, 0.29) is 18.2 Å². The minimum atomic E-state index is -0.936. The molecule has 6 nitrogen and oxygen atoms in total. The minimum Gasteiger partial charge on any atom is -0.481 e. The molecule has 0 spiro atoms. The maximum absolute atomic E-state index is 10.5. The Hall–Kier alpha value is -1.43. The molecule has 6 heteroatoms.